The number of methoxy groups -OCH3 is 1. The first-order valence-corrected chi connectivity index (χ1v) is 6.56. The molecule has 18 heavy (non-hydrogen) atoms. The standard InChI is InChI=1S/C13H18N2O3/c1-17-11(16)12-4-2-3-10(12)13(12,9-14)15-5-7-18-8-6-15/h10H,2-8H2,1H3/t10-,12+,13+/m0/s1. The van der Waals surface area contributed by atoms with Crippen molar-refractivity contribution in [3.63, 3.8) is 0 Å². The van der Waals surface area contributed by atoms with Crippen LogP contribution in [0.1, 0.15) is 19.3 Å². The molecule has 3 atom stereocenters. The Morgan fingerprint density at radius 1 is 1.50 bits per heavy atom. The molecule has 3 rings (SSSR count). The third-order valence-electron chi connectivity index (χ3n) is 4.99. The van der Waals surface area contributed by atoms with Crippen molar-refractivity contribution in [2.24, 2.45) is 11.3 Å². The fourth-order valence-electron chi connectivity index (χ4n) is 4.25. The summed E-state index contributed by atoms with van der Waals surface area (Å²) in [4.78, 5) is 14.3. The normalized spacial score (nSPS) is 43.0. The van der Waals surface area contributed by atoms with Gasteiger partial charge in [-0.3, -0.25) is 9.69 Å². The lowest BCUT2D eigenvalue weighted by atomic mass is 9.94. The van der Waals surface area contributed by atoms with Crippen LogP contribution in [0.3, 0.4) is 0 Å². The third-order valence-corrected chi connectivity index (χ3v) is 4.99. The van der Waals surface area contributed by atoms with Crippen molar-refractivity contribution in [3.05, 3.63) is 0 Å². The number of nitriles is 1. The molecule has 0 aromatic carbocycles. The first kappa shape index (κ1) is 11.9. The van der Waals surface area contributed by atoms with Crippen molar-refractivity contribution in [3.8, 4) is 6.07 Å². The van der Waals surface area contributed by atoms with E-state index in [-0.39, 0.29) is 11.9 Å². The Labute approximate surface area is 107 Å². The van der Waals surface area contributed by atoms with Crippen LogP contribution in [0.15, 0.2) is 0 Å². The maximum absolute atomic E-state index is 12.2. The van der Waals surface area contributed by atoms with Gasteiger partial charge in [-0.25, -0.2) is 0 Å². The molecule has 0 aromatic heterocycles. The molecule has 0 amide bonds. The van der Waals surface area contributed by atoms with Crippen LogP contribution in [-0.4, -0.2) is 49.8 Å². The molecule has 5 heteroatoms. The Balaban J connectivity index is 1.94. The molecule has 1 aliphatic heterocycles. The second-order valence-corrected chi connectivity index (χ2v) is 5.39. The van der Waals surface area contributed by atoms with Crippen LogP contribution in [0.4, 0.5) is 0 Å². The summed E-state index contributed by atoms with van der Waals surface area (Å²) in [6.07, 6.45) is 2.77. The van der Waals surface area contributed by atoms with Crippen LogP contribution in [0.5, 0.6) is 0 Å². The molecule has 3 aliphatic rings. The minimum absolute atomic E-state index is 0.153. The molecule has 0 bridgehead atoms. The lowest BCUT2D eigenvalue weighted by molar-refractivity contribution is -0.149. The van der Waals surface area contributed by atoms with E-state index in [1.165, 1.54) is 7.11 Å². The zero-order valence-corrected chi connectivity index (χ0v) is 10.6. The van der Waals surface area contributed by atoms with Crippen LogP contribution in [0.25, 0.3) is 0 Å². The Bertz CT molecular complexity index is 413. The summed E-state index contributed by atoms with van der Waals surface area (Å²) in [6.45, 7) is 2.77. The first-order chi connectivity index (χ1) is 8.74. The van der Waals surface area contributed by atoms with E-state index in [1.807, 2.05) is 0 Å². The van der Waals surface area contributed by atoms with Gasteiger partial charge in [0.05, 0.1) is 26.4 Å². The van der Waals surface area contributed by atoms with E-state index in [0.717, 1.165) is 32.4 Å². The molecular weight excluding hydrogens is 232 g/mol. The Hall–Kier alpha value is -1.12. The predicted molar refractivity (Wildman–Crippen MR) is 62.5 cm³/mol. The number of ether oxygens (including phenoxy) is 2. The molecule has 2 saturated carbocycles. The van der Waals surface area contributed by atoms with Gasteiger partial charge >= 0.3 is 5.97 Å². The fourth-order valence-corrected chi connectivity index (χ4v) is 4.25. The zero-order valence-electron chi connectivity index (χ0n) is 10.6. The monoisotopic (exact) mass is 250 g/mol. The van der Waals surface area contributed by atoms with Gasteiger partial charge in [-0.2, -0.15) is 5.26 Å². The largest absolute Gasteiger partial charge is 0.468 e. The van der Waals surface area contributed by atoms with Gasteiger partial charge in [-0.1, -0.05) is 6.42 Å². The molecule has 0 radical (unpaired) electrons. The van der Waals surface area contributed by atoms with Crippen molar-refractivity contribution in [2.45, 2.75) is 24.8 Å². The molecule has 0 N–H and O–H groups in total. The topological polar surface area (TPSA) is 62.6 Å². The quantitative estimate of drug-likeness (QED) is 0.670. The van der Waals surface area contributed by atoms with Gasteiger partial charge in [0.1, 0.15) is 11.0 Å². The van der Waals surface area contributed by atoms with E-state index in [1.54, 1.807) is 0 Å². The van der Waals surface area contributed by atoms with E-state index in [9.17, 15) is 10.1 Å². The van der Waals surface area contributed by atoms with E-state index in [2.05, 4.69) is 11.0 Å². The Morgan fingerprint density at radius 3 is 2.83 bits per heavy atom. The number of morpholine rings is 1. The Morgan fingerprint density at radius 2 is 2.22 bits per heavy atom. The molecule has 0 aromatic rings. The number of fused-ring (bicyclic) bond motifs is 1. The van der Waals surface area contributed by atoms with Gasteiger partial charge < -0.3 is 9.47 Å². The molecule has 0 unspecified atom stereocenters. The van der Waals surface area contributed by atoms with Crippen LogP contribution in [0.2, 0.25) is 0 Å². The van der Waals surface area contributed by atoms with Crippen molar-refractivity contribution >= 4 is 5.97 Å². The molecule has 1 heterocycles. The maximum Gasteiger partial charge on any atom is 0.315 e. The number of hydrogen-bond acceptors (Lipinski definition) is 5. The smallest absolute Gasteiger partial charge is 0.315 e. The zero-order chi connectivity index (χ0) is 12.8. The van der Waals surface area contributed by atoms with Crippen LogP contribution >= 0.6 is 0 Å². The van der Waals surface area contributed by atoms with E-state index in [4.69, 9.17) is 9.47 Å². The lowest BCUT2D eigenvalue weighted by Crippen LogP contribution is -2.50. The molecule has 3 fully saturated rings. The van der Waals surface area contributed by atoms with Crippen LogP contribution in [-0.2, 0) is 14.3 Å². The summed E-state index contributed by atoms with van der Waals surface area (Å²) in [5.74, 6) is -0.0430. The second kappa shape index (κ2) is 3.94. The summed E-state index contributed by atoms with van der Waals surface area (Å²) >= 11 is 0. The van der Waals surface area contributed by atoms with E-state index >= 15 is 0 Å². The lowest BCUT2D eigenvalue weighted by Gasteiger charge is -2.34. The van der Waals surface area contributed by atoms with Gasteiger partial charge in [0, 0.05) is 19.0 Å². The van der Waals surface area contributed by atoms with Crippen molar-refractivity contribution in [1.29, 1.82) is 5.26 Å². The molecule has 1 saturated heterocycles. The molecule has 5 nitrogen and oxygen atoms in total. The highest BCUT2D eigenvalue weighted by atomic mass is 16.5. The van der Waals surface area contributed by atoms with Crippen LogP contribution < -0.4 is 0 Å². The number of esters is 1. The van der Waals surface area contributed by atoms with E-state index in [0.29, 0.717) is 13.2 Å². The first-order valence-electron chi connectivity index (χ1n) is 6.56. The highest BCUT2D eigenvalue weighted by molar-refractivity contribution is 5.86. The number of carbonyl (C=O) groups is 1. The highest BCUT2D eigenvalue weighted by Gasteiger charge is 2.85. The van der Waals surface area contributed by atoms with Gasteiger partial charge in [0.15, 0.2) is 0 Å². The minimum Gasteiger partial charge on any atom is -0.468 e. The van der Waals surface area contributed by atoms with Crippen molar-refractivity contribution in [2.75, 3.05) is 33.4 Å². The second-order valence-electron chi connectivity index (χ2n) is 5.39. The SMILES string of the molecule is COC(=O)[C@@]12CCC[C@@H]1[C@@]2(C#N)N1CCOCC1. The van der Waals surface area contributed by atoms with Gasteiger partial charge in [-0.15, -0.1) is 0 Å². The molecule has 0 spiro atoms. The number of hydrogen-bond donors (Lipinski definition) is 0. The van der Waals surface area contributed by atoms with E-state index < -0.39 is 11.0 Å². The molecule has 98 valence electrons. The summed E-state index contributed by atoms with van der Waals surface area (Å²) < 4.78 is 10.3. The third kappa shape index (κ3) is 1.15. The van der Waals surface area contributed by atoms with Crippen molar-refractivity contribution < 1.29 is 14.3 Å². The molecular formula is C13H18N2O3. The van der Waals surface area contributed by atoms with Gasteiger partial charge in [-0.05, 0) is 12.8 Å². The summed E-state index contributed by atoms with van der Waals surface area (Å²) in [7, 11) is 1.42. The summed E-state index contributed by atoms with van der Waals surface area (Å²) in [6, 6.07) is 2.45. The fraction of sp³-hybridized carbons (Fsp3) is 0.846. The average molecular weight is 250 g/mol. The average Bonchev–Trinajstić information content (AvgIpc) is 2.76. The summed E-state index contributed by atoms with van der Waals surface area (Å²) in [5, 5.41) is 9.68. The number of nitrogens with zero attached hydrogens (tertiary/aromatic N) is 2. The van der Waals surface area contributed by atoms with Gasteiger partial charge in [0.2, 0.25) is 0 Å². The summed E-state index contributed by atoms with van der Waals surface area (Å²) in [5.41, 5.74) is -1.18. The van der Waals surface area contributed by atoms with Crippen molar-refractivity contribution in [1.82, 2.24) is 4.90 Å². The van der Waals surface area contributed by atoms with Crippen LogP contribution in [0, 0.1) is 22.7 Å². The Kier molecular flexibility index (Phi) is 2.61. The highest BCUT2D eigenvalue weighted by Crippen LogP contribution is 2.73. The number of rotatable bonds is 2. The molecule has 2 aliphatic carbocycles. The van der Waals surface area contributed by atoms with Gasteiger partial charge in [0.25, 0.3) is 0 Å². The number of carbonyl (C=O) groups excluding carboxylic acids is 1. The predicted octanol–water partition coefficient (Wildman–Crippen LogP) is 0.554. The maximum atomic E-state index is 12.2. The minimum atomic E-state index is -0.623.